The molecular formula is C31H53NO5. The standard InChI is InChI=1S/C31H53NO5/c1-20(9-12-27(35)32-17-7-5-6-8-28(36)37-4)23-10-11-24-29-25(14-16-31(23,24)3)30(2)15-13-22(33)18-21(30)19-26(29)34/h20-26,29,33-34H,5-19H2,1-4H3,(H,32,35)/t20-,21+,22-,23?,24?,25?,26+,29+,30+,31-/m1/s1. The second-order valence-corrected chi connectivity index (χ2v) is 13.7. The lowest BCUT2D eigenvalue weighted by molar-refractivity contribution is -0.174. The van der Waals surface area contributed by atoms with Crippen molar-refractivity contribution in [2.24, 2.45) is 46.3 Å². The second-order valence-electron chi connectivity index (χ2n) is 13.7. The Morgan fingerprint density at radius 3 is 2.43 bits per heavy atom. The summed E-state index contributed by atoms with van der Waals surface area (Å²) in [5.74, 6) is 3.12. The minimum atomic E-state index is -0.231. The fourth-order valence-corrected chi connectivity index (χ4v) is 9.72. The van der Waals surface area contributed by atoms with E-state index in [1.54, 1.807) is 0 Å². The van der Waals surface area contributed by atoms with E-state index < -0.39 is 0 Å². The average Bonchev–Trinajstić information content (AvgIpc) is 3.22. The lowest BCUT2D eigenvalue weighted by Crippen LogP contribution is -2.58. The average molecular weight is 520 g/mol. The summed E-state index contributed by atoms with van der Waals surface area (Å²) in [6, 6.07) is 0. The molecule has 6 nitrogen and oxygen atoms in total. The normalized spacial score (nSPS) is 41.7. The molecule has 212 valence electrons. The predicted molar refractivity (Wildman–Crippen MR) is 145 cm³/mol. The van der Waals surface area contributed by atoms with E-state index in [-0.39, 0.29) is 34.9 Å². The van der Waals surface area contributed by atoms with Gasteiger partial charge >= 0.3 is 5.97 Å². The highest BCUT2D eigenvalue weighted by Gasteiger charge is 2.62. The molecule has 10 atom stereocenters. The zero-order valence-electron chi connectivity index (χ0n) is 23.8. The Hall–Kier alpha value is -1.14. The molecule has 4 aliphatic rings. The van der Waals surface area contributed by atoms with Gasteiger partial charge in [0, 0.05) is 19.4 Å². The number of unbranched alkanes of at least 4 members (excludes halogenated alkanes) is 2. The summed E-state index contributed by atoms with van der Waals surface area (Å²) in [5.41, 5.74) is 0.528. The number of rotatable bonds is 10. The van der Waals surface area contributed by atoms with Crippen molar-refractivity contribution in [1.29, 1.82) is 0 Å². The molecule has 37 heavy (non-hydrogen) atoms. The highest BCUT2D eigenvalue weighted by atomic mass is 16.5. The van der Waals surface area contributed by atoms with Gasteiger partial charge in [-0.05, 0) is 117 Å². The van der Waals surface area contributed by atoms with Crippen LogP contribution in [-0.2, 0) is 14.3 Å². The van der Waals surface area contributed by atoms with Crippen LogP contribution in [0.3, 0.4) is 0 Å². The smallest absolute Gasteiger partial charge is 0.305 e. The van der Waals surface area contributed by atoms with Gasteiger partial charge in [0.05, 0.1) is 19.3 Å². The lowest BCUT2D eigenvalue weighted by Gasteiger charge is -2.62. The minimum absolute atomic E-state index is 0.143. The fourth-order valence-electron chi connectivity index (χ4n) is 9.72. The maximum absolute atomic E-state index is 12.5. The summed E-state index contributed by atoms with van der Waals surface area (Å²) in [4.78, 5) is 23.7. The van der Waals surface area contributed by atoms with Crippen molar-refractivity contribution >= 4 is 11.9 Å². The summed E-state index contributed by atoms with van der Waals surface area (Å²) in [5, 5.41) is 24.8. The molecule has 0 heterocycles. The quantitative estimate of drug-likeness (QED) is 0.271. The number of hydrogen-bond acceptors (Lipinski definition) is 5. The maximum atomic E-state index is 12.5. The van der Waals surface area contributed by atoms with Crippen LogP contribution in [0, 0.1) is 46.3 Å². The Morgan fingerprint density at radius 2 is 1.68 bits per heavy atom. The highest BCUT2D eigenvalue weighted by Crippen LogP contribution is 2.68. The van der Waals surface area contributed by atoms with Crippen LogP contribution in [0.25, 0.3) is 0 Å². The summed E-state index contributed by atoms with van der Waals surface area (Å²) < 4.78 is 4.66. The zero-order valence-corrected chi connectivity index (χ0v) is 23.8. The fraction of sp³-hybridized carbons (Fsp3) is 0.935. The molecule has 4 fully saturated rings. The third-order valence-corrected chi connectivity index (χ3v) is 11.8. The molecule has 6 heteroatoms. The molecule has 0 radical (unpaired) electrons. The number of esters is 1. The number of carbonyl (C=O) groups excluding carboxylic acids is 2. The molecule has 0 aromatic rings. The number of amides is 1. The number of aliphatic hydroxyl groups excluding tert-OH is 2. The molecule has 0 spiro atoms. The van der Waals surface area contributed by atoms with E-state index in [1.165, 1.54) is 32.8 Å². The van der Waals surface area contributed by atoms with E-state index in [2.05, 4.69) is 30.8 Å². The van der Waals surface area contributed by atoms with Gasteiger partial charge in [0.25, 0.3) is 0 Å². The number of hydrogen-bond donors (Lipinski definition) is 3. The Kier molecular flexibility index (Phi) is 9.31. The summed E-state index contributed by atoms with van der Waals surface area (Å²) >= 11 is 0. The monoisotopic (exact) mass is 519 g/mol. The number of aliphatic hydroxyl groups is 2. The first-order chi connectivity index (χ1) is 17.6. The van der Waals surface area contributed by atoms with Crippen molar-refractivity contribution in [2.75, 3.05) is 13.7 Å². The summed E-state index contributed by atoms with van der Waals surface area (Å²) in [7, 11) is 1.42. The van der Waals surface area contributed by atoms with Crippen molar-refractivity contribution in [2.45, 2.75) is 123 Å². The Morgan fingerprint density at radius 1 is 0.946 bits per heavy atom. The van der Waals surface area contributed by atoms with E-state index in [4.69, 9.17) is 0 Å². The van der Waals surface area contributed by atoms with Crippen LogP contribution in [0.1, 0.15) is 111 Å². The first kappa shape index (κ1) is 28.9. The van der Waals surface area contributed by atoms with Crippen molar-refractivity contribution in [1.82, 2.24) is 5.32 Å². The maximum Gasteiger partial charge on any atom is 0.305 e. The molecule has 4 rings (SSSR count). The van der Waals surface area contributed by atoms with Crippen LogP contribution in [0.15, 0.2) is 0 Å². The van der Waals surface area contributed by atoms with Crippen LogP contribution in [0.4, 0.5) is 0 Å². The SMILES string of the molecule is COC(=O)CCCCCNC(=O)CC[C@@H](C)C1CCC2[C@H]3C(CC[C@@]21C)[C@@]1(C)CC[C@@H](O)C[C@H]1C[C@@H]3O. The third kappa shape index (κ3) is 5.90. The lowest BCUT2D eigenvalue weighted by atomic mass is 9.43. The number of fused-ring (bicyclic) bond motifs is 5. The van der Waals surface area contributed by atoms with E-state index in [0.29, 0.717) is 54.9 Å². The first-order valence-corrected chi connectivity index (χ1v) is 15.3. The highest BCUT2D eigenvalue weighted by molar-refractivity contribution is 5.75. The molecule has 4 aliphatic carbocycles. The van der Waals surface area contributed by atoms with E-state index in [0.717, 1.165) is 51.4 Å². The van der Waals surface area contributed by atoms with Gasteiger partial charge in [0.15, 0.2) is 0 Å². The summed E-state index contributed by atoms with van der Waals surface area (Å²) in [6.07, 6.45) is 12.8. The van der Waals surface area contributed by atoms with Crippen molar-refractivity contribution < 1.29 is 24.5 Å². The van der Waals surface area contributed by atoms with Gasteiger partial charge in [0.2, 0.25) is 5.91 Å². The molecule has 3 unspecified atom stereocenters. The van der Waals surface area contributed by atoms with Gasteiger partial charge in [-0.1, -0.05) is 27.2 Å². The molecule has 3 N–H and O–H groups in total. The zero-order chi connectivity index (χ0) is 26.8. The van der Waals surface area contributed by atoms with Crippen LogP contribution < -0.4 is 5.32 Å². The van der Waals surface area contributed by atoms with Crippen LogP contribution in [-0.4, -0.2) is 48.0 Å². The minimum Gasteiger partial charge on any atom is -0.469 e. The molecule has 4 saturated carbocycles. The summed E-state index contributed by atoms with van der Waals surface area (Å²) in [6.45, 7) is 8.00. The van der Waals surface area contributed by atoms with Gasteiger partial charge in [0.1, 0.15) is 0 Å². The van der Waals surface area contributed by atoms with E-state index in [1.807, 2.05) is 0 Å². The van der Waals surface area contributed by atoms with Gasteiger partial charge in [-0.2, -0.15) is 0 Å². The predicted octanol–water partition coefficient (Wildman–Crippen LogP) is 5.24. The van der Waals surface area contributed by atoms with Gasteiger partial charge in [-0.25, -0.2) is 0 Å². The van der Waals surface area contributed by atoms with Crippen LogP contribution in [0.5, 0.6) is 0 Å². The molecule has 0 aromatic carbocycles. The van der Waals surface area contributed by atoms with Crippen molar-refractivity contribution in [3.63, 3.8) is 0 Å². The topological polar surface area (TPSA) is 95.9 Å². The molecule has 0 saturated heterocycles. The van der Waals surface area contributed by atoms with Gasteiger partial charge in [-0.15, -0.1) is 0 Å². The van der Waals surface area contributed by atoms with E-state index >= 15 is 0 Å². The van der Waals surface area contributed by atoms with Crippen molar-refractivity contribution in [3.8, 4) is 0 Å². The number of methoxy groups -OCH3 is 1. The van der Waals surface area contributed by atoms with Gasteiger partial charge in [-0.3, -0.25) is 9.59 Å². The van der Waals surface area contributed by atoms with Crippen LogP contribution in [0.2, 0.25) is 0 Å². The molecular weight excluding hydrogens is 466 g/mol. The molecule has 0 bridgehead atoms. The largest absolute Gasteiger partial charge is 0.469 e. The molecule has 0 aromatic heterocycles. The number of carbonyl (C=O) groups is 2. The molecule has 0 aliphatic heterocycles. The van der Waals surface area contributed by atoms with Crippen molar-refractivity contribution in [3.05, 3.63) is 0 Å². The van der Waals surface area contributed by atoms with Crippen LogP contribution >= 0.6 is 0 Å². The number of ether oxygens (including phenoxy) is 1. The Labute approximate surface area is 224 Å². The number of nitrogens with one attached hydrogen (secondary N) is 1. The first-order valence-electron chi connectivity index (χ1n) is 15.3. The van der Waals surface area contributed by atoms with E-state index in [9.17, 15) is 19.8 Å². The second kappa shape index (κ2) is 11.9. The van der Waals surface area contributed by atoms with Gasteiger partial charge < -0.3 is 20.3 Å². The molecule has 1 amide bonds. The third-order valence-electron chi connectivity index (χ3n) is 11.8. The Balaban J connectivity index is 1.27. The Bertz CT molecular complexity index is 802.